The zero-order chi connectivity index (χ0) is 12.1. The van der Waals surface area contributed by atoms with Gasteiger partial charge >= 0.3 is 0 Å². The Kier molecular flexibility index (Phi) is 4.37. The maximum atomic E-state index is 11.8. The van der Waals surface area contributed by atoms with Gasteiger partial charge in [-0.25, -0.2) is 0 Å². The molecule has 0 aromatic carbocycles. The minimum atomic E-state index is 0.0390. The van der Waals surface area contributed by atoms with Crippen LogP contribution in [0.15, 0.2) is 23.6 Å². The van der Waals surface area contributed by atoms with E-state index in [2.05, 4.69) is 12.2 Å². The molecule has 1 heterocycles. The zero-order valence-electron chi connectivity index (χ0n) is 10.2. The van der Waals surface area contributed by atoms with Crippen LogP contribution in [-0.2, 0) is 4.79 Å². The lowest BCUT2D eigenvalue weighted by atomic mass is 9.86. The summed E-state index contributed by atoms with van der Waals surface area (Å²) in [5.74, 6) is 0.653. The first kappa shape index (κ1) is 12.4. The van der Waals surface area contributed by atoms with Gasteiger partial charge < -0.3 is 5.32 Å². The predicted octanol–water partition coefficient (Wildman–Crippen LogP) is 3.46. The van der Waals surface area contributed by atoms with Crippen molar-refractivity contribution in [3.63, 3.8) is 0 Å². The molecule has 2 unspecified atom stereocenters. The number of nitrogens with one attached hydrogen (secondary N) is 1. The van der Waals surface area contributed by atoms with Gasteiger partial charge in [0.15, 0.2) is 0 Å². The van der Waals surface area contributed by atoms with Crippen LogP contribution in [0.2, 0.25) is 0 Å². The molecule has 1 aromatic rings. The van der Waals surface area contributed by atoms with E-state index in [9.17, 15) is 4.79 Å². The molecule has 0 spiro atoms. The number of amides is 1. The van der Waals surface area contributed by atoms with Gasteiger partial charge in [0.1, 0.15) is 0 Å². The topological polar surface area (TPSA) is 29.1 Å². The Morgan fingerprint density at radius 1 is 1.47 bits per heavy atom. The molecule has 1 N–H and O–H groups in total. The summed E-state index contributed by atoms with van der Waals surface area (Å²) in [6.07, 6.45) is 8.43. The Bertz CT molecular complexity index is 383. The SMILES string of the molecule is CC1CCCCC1NC(=O)C=Cc1cccs1. The van der Waals surface area contributed by atoms with Crippen LogP contribution in [0.5, 0.6) is 0 Å². The van der Waals surface area contributed by atoms with Crippen LogP contribution < -0.4 is 5.32 Å². The van der Waals surface area contributed by atoms with Crippen molar-refractivity contribution in [3.05, 3.63) is 28.5 Å². The van der Waals surface area contributed by atoms with E-state index in [1.807, 2.05) is 23.6 Å². The van der Waals surface area contributed by atoms with Crippen molar-refractivity contribution in [2.45, 2.75) is 38.6 Å². The molecule has 1 saturated carbocycles. The molecule has 0 aliphatic heterocycles. The van der Waals surface area contributed by atoms with Crippen molar-refractivity contribution in [1.82, 2.24) is 5.32 Å². The second kappa shape index (κ2) is 6.01. The van der Waals surface area contributed by atoms with Crippen molar-refractivity contribution in [1.29, 1.82) is 0 Å². The van der Waals surface area contributed by atoms with Crippen molar-refractivity contribution in [2.75, 3.05) is 0 Å². The number of hydrogen-bond acceptors (Lipinski definition) is 2. The summed E-state index contributed by atoms with van der Waals surface area (Å²) >= 11 is 1.64. The van der Waals surface area contributed by atoms with Gasteiger partial charge in [-0.1, -0.05) is 25.8 Å². The predicted molar refractivity (Wildman–Crippen MR) is 72.9 cm³/mol. The number of thiophene rings is 1. The number of rotatable bonds is 3. The van der Waals surface area contributed by atoms with E-state index in [-0.39, 0.29) is 5.91 Å². The number of carbonyl (C=O) groups is 1. The van der Waals surface area contributed by atoms with Crippen LogP contribution in [-0.4, -0.2) is 11.9 Å². The lowest BCUT2D eigenvalue weighted by Crippen LogP contribution is -2.40. The molecule has 3 heteroatoms. The second-order valence-corrected chi connectivity index (χ2v) is 5.70. The number of carbonyl (C=O) groups excluding carboxylic acids is 1. The highest BCUT2D eigenvalue weighted by Crippen LogP contribution is 2.23. The molecule has 1 aliphatic rings. The highest BCUT2D eigenvalue weighted by Gasteiger charge is 2.21. The third-order valence-electron chi connectivity index (χ3n) is 3.38. The largest absolute Gasteiger partial charge is 0.350 e. The van der Waals surface area contributed by atoms with Crippen molar-refractivity contribution in [3.8, 4) is 0 Å². The van der Waals surface area contributed by atoms with E-state index in [1.165, 1.54) is 19.3 Å². The van der Waals surface area contributed by atoms with Crippen LogP contribution in [0.25, 0.3) is 6.08 Å². The summed E-state index contributed by atoms with van der Waals surface area (Å²) in [7, 11) is 0. The summed E-state index contributed by atoms with van der Waals surface area (Å²) in [4.78, 5) is 12.9. The zero-order valence-corrected chi connectivity index (χ0v) is 11.0. The van der Waals surface area contributed by atoms with Gasteiger partial charge in [0, 0.05) is 17.0 Å². The van der Waals surface area contributed by atoms with Crippen molar-refractivity contribution >= 4 is 23.3 Å². The second-order valence-electron chi connectivity index (χ2n) is 4.73. The summed E-state index contributed by atoms with van der Waals surface area (Å²) in [6.45, 7) is 2.23. The fourth-order valence-electron chi connectivity index (χ4n) is 2.31. The smallest absolute Gasteiger partial charge is 0.244 e. The molecule has 2 nitrogen and oxygen atoms in total. The third-order valence-corrected chi connectivity index (χ3v) is 4.22. The van der Waals surface area contributed by atoms with Gasteiger partial charge in [0.25, 0.3) is 0 Å². The molecule has 1 aliphatic carbocycles. The molecule has 17 heavy (non-hydrogen) atoms. The standard InChI is InChI=1S/C14H19NOS/c1-11-5-2-3-7-13(11)15-14(16)9-8-12-6-4-10-17-12/h4,6,8-11,13H,2-3,5,7H2,1H3,(H,15,16). The van der Waals surface area contributed by atoms with Crippen LogP contribution in [0, 0.1) is 5.92 Å². The molecule has 0 saturated heterocycles. The first-order valence-corrected chi connectivity index (χ1v) is 7.16. The van der Waals surface area contributed by atoms with Crippen LogP contribution >= 0.6 is 11.3 Å². The minimum absolute atomic E-state index is 0.0390. The lowest BCUT2D eigenvalue weighted by Gasteiger charge is -2.29. The molecule has 0 bridgehead atoms. The molecule has 1 amide bonds. The van der Waals surface area contributed by atoms with Crippen LogP contribution in [0.4, 0.5) is 0 Å². The van der Waals surface area contributed by atoms with Crippen molar-refractivity contribution in [2.24, 2.45) is 5.92 Å². The maximum Gasteiger partial charge on any atom is 0.244 e. The van der Waals surface area contributed by atoms with Gasteiger partial charge in [-0.15, -0.1) is 11.3 Å². The van der Waals surface area contributed by atoms with Crippen LogP contribution in [0.1, 0.15) is 37.5 Å². The van der Waals surface area contributed by atoms with Crippen LogP contribution in [0.3, 0.4) is 0 Å². The quantitative estimate of drug-likeness (QED) is 0.817. The Morgan fingerprint density at radius 3 is 3.00 bits per heavy atom. The molecular weight excluding hydrogens is 230 g/mol. The van der Waals surface area contributed by atoms with E-state index in [1.54, 1.807) is 17.4 Å². The third kappa shape index (κ3) is 3.70. The maximum absolute atomic E-state index is 11.8. The molecule has 92 valence electrons. The molecule has 2 atom stereocenters. The monoisotopic (exact) mass is 249 g/mol. The summed E-state index contributed by atoms with van der Waals surface area (Å²) in [6, 6.07) is 4.37. The first-order chi connectivity index (χ1) is 8.25. The fraction of sp³-hybridized carbons (Fsp3) is 0.500. The average molecular weight is 249 g/mol. The number of hydrogen-bond donors (Lipinski definition) is 1. The summed E-state index contributed by atoms with van der Waals surface area (Å²) < 4.78 is 0. The molecule has 1 aromatic heterocycles. The Hall–Kier alpha value is -1.09. The molecular formula is C14H19NOS. The van der Waals surface area contributed by atoms with E-state index >= 15 is 0 Å². The Labute approximate surface area is 107 Å². The highest BCUT2D eigenvalue weighted by molar-refractivity contribution is 7.10. The average Bonchev–Trinajstić information content (AvgIpc) is 2.82. The Morgan fingerprint density at radius 2 is 2.29 bits per heavy atom. The lowest BCUT2D eigenvalue weighted by molar-refractivity contribution is -0.117. The highest BCUT2D eigenvalue weighted by atomic mass is 32.1. The first-order valence-electron chi connectivity index (χ1n) is 6.28. The van der Waals surface area contributed by atoms with Gasteiger partial charge in [-0.3, -0.25) is 4.79 Å². The summed E-state index contributed by atoms with van der Waals surface area (Å²) in [5, 5.41) is 5.12. The van der Waals surface area contributed by atoms with Gasteiger partial charge in [-0.05, 0) is 36.3 Å². The van der Waals surface area contributed by atoms with E-state index < -0.39 is 0 Å². The summed E-state index contributed by atoms with van der Waals surface area (Å²) in [5.41, 5.74) is 0. The fourth-order valence-corrected chi connectivity index (χ4v) is 2.92. The minimum Gasteiger partial charge on any atom is -0.350 e. The van der Waals surface area contributed by atoms with Gasteiger partial charge in [-0.2, -0.15) is 0 Å². The molecule has 1 fully saturated rings. The molecule has 0 radical (unpaired) electrons. The van der Waals surface area contributed by atoms with Gasteiger partial charge in [0.05, 0.1) is 0 Å². The normalized spacial score (nSPS) is 25.0. The van der Waals surface area contributed by atoms with E-state index in [0.717, 1.165) is 11.3 Å². The molecule has 2 rings (SSSR count). The van der Waals surface area contributed by atoms with E-state index in [4.69, 9.17) is 0 Å². The van der Waals surface area contributed by atoms with E-state index in [0.29, 0.717) is 12.0 Å². The van der Waals surface area contributed by atoms with Gasteiger partial charge in [0.2, 0.25) is 5.91 Å². The van der Waals surface area contributed by atoms with Crippen molar-refractivity contribution < 1.29 is 4.79 Å². The Balaban J connectivity index is 1.84.